The Labute approximate surface area is 72.3 Å². The van der Waals surface area contributed by atoms with Crippen molar-refractivity contribution in [2.45, 2.75) is 38.9 Å². The SMILES string of the molecule is CC(O)CC(C)(C)OS(=O)(=O)O. The monoisotopic (exact) mass is 198 g/mol. The van der Waals surface area contributed by atoms with Gasteiger partial charge >= 0.3 is 10.4 Å². The van der Waals surface area contributed by atoms with Crippen molar-refractivity contribution in [1.82, 2.24) is 0 Å². The molecule has 0 fully saturated rings. The Morgan fingerprint density at radius 3 is 2.17 bits per heavy atom. The molecule has 0 spiro atoms. The number of rotatable bonds is 4. The standard InChI is InChI=1S/C6H14O5S/c1-5(7)4-6(2,3)11-12(8,9)10/h5,7H,4H2,1-3H3,(H,8,9,10). The Balaban J connectivity index is 4.23. The first-order chi connectivity index (χ1) is 5.12. The summed E-state index contributed by atoms with van der Waals surface area (Å²) < 4.78 is 33.2. The van der Waals surface area contributed by atoms with Crippen molar-refractivity contribution < 1.29 is 22.3 Å². The largest absolute Gasteiger partial charge is 0.397 e. The molecule has 0 radical (unpaired) electrons. The zero-order valence-corrected chi connectivity index (χ0v) is 8.13. The third kappa shape index (κ3) is 6.53. The molecule has 74 valence electrons. The van der Waals surface area contributed by atoms with Crippen molar-refractivity contribution in [2.75, 3.05) is 0 Å². The van der Waals surface area contributed by atoms with Crippen LogP contribution in [0.4, 0.5) is 0 Å². The summed E-state index contributed by atoms with van der Waals surface area (Å²) in [5, 5.41) is 8.93. The highest BCUT2D eigenvalue weighted by Crippen LogP contribution is 2.18. The van der Waals surface area contributed by atoms with Crippen LogP contribution in [0.2, 0.25) is 0 Å². The van der Waals surface area contributed by atoms with Crippen LogP contribution in [0.1, 0.15) is 27.2 Å². The molecule has 1 atom stereocenters. The fraction of sp³-hybridized carbons (Fsp3) is 1.00. The van der Waals surface area contributed by atoms with Crippen molar-refractivity contribution in [2.24, 2.45) is 0 Å². The molecule has 1 unspecified atom stereocenters. The van der Waals surface area contributed by atoms with Crippen LogP contribution in [0.5, 0.6) is 0 Å². The van der Waals surface area contributed by atoms with Gasteiger partial charge < -0.3 is 5.11 Å². The number of hydrogen-bond donors (Lipinski definition) is 2. The van der Waals surface area contributed by atoms with E-state index in [2.05, 4.69) is 4.18 Å². The van der Waals surface area contributed by atoms with Gasteiger partial charge in [0, 0.05) is 6.42 Å². The molecular formula is C6H14O5S. The molecular weight excluding hydrogens is 184 g/mol. The van der Waals surface area contributed by atoms with Crippen LogP contribution in [0, 0.1) is 0 Å². The van der Waals surface area contributed by atoms with Crippen molar-refractivity contribution in [3.05, 3.63) is 0 Å². The van der Waals surface area contributed by atoms with Gasteiger partial charge in [-0.25, -0.2) is 4.18 Å². The van der Waals surface area contributed by atoms with Crippen molar-refractivity contribution >= 4 is 10.4 Å². The Morgan fingerprint density at radius 1 is 1.50 bits per heavy atom. The number of aliphatic hydroxyl groups excluding tert-OH is 1. The average Bonchev–Trinajstić information content (AvgIpc) is 1.48. The lowest BCUT2D eigenvalue weighted by Gasteiger charge is -2.23. The van der Waals surface area contributed by atoms with Crippen LogP contribution in [-0.2, 0) is 14.6 Å². The Morgan fingerprint density at radius 2 is 1.92 bits per heavy atom. The fourth-order valence-electron chi connectivity index (χ4n) is 1.03. The maximum Gasteiger partial charge on any atom is 0.397 e. The minimum atomic E-state index is -4.44. The van der Waals surface area contributed by atoms with Gasteiger partial charge in [0.15, 0.2) is 0 Å². The van der Waals surface area contributed by atoms with Gasteiger partial charge in [-0.05, 0) is 20.8 Å². The van der Waals surface area contributed by atoms with E-state index < -0.39 is 22.1 Å². The predicted molar refractivity (Wildman–Crippen MR) is 43.0 cm³/mol. The molecule has 0 saturated heterocycles. The molecule has 0 bridgehead atoms. The summed E-state index contributed by atoms with van der Waals surface area (Å²) in [5.74, 6) is 0. The van der Waals surface area contributed by atoms with Crippen molar-refractivity contribution in [3.63, 3.8) is 0 Å². The second-order valence-electron chi connectivity index (χ2n) is 3.32. The zero-order valence-electron chi connectivity index (χ0n) is 7.31. The van der Waals surface area contributed by atoms with Crippen LogP contribution in [-0.4, -0.2) is 29.8 Å². The van der Waals surface area contributed by atoms with Crippen LogP contribution in [0.15, 0.2) is 0 Å². The third-order valence-electron chi connectivity index (χ3n) is 1.12. The molecule has 0 aliphatic carbocycles. The van der Waals surface area contributed by atoms with Crippen LogP contribution >= 0.6 is 0 Å². The highest BCUT2D eigenvalue weighted by atomic mass is 32.3. The van der Waals surface area contributed by atoms with E-state index in [0.29, 0.717) is 0 Å². The highest BCUT2D eigenvalue weighted by Gasteiger charge is 2.26. The minimum absolute atomic E-state index is 0.132. The zero-order chi connectivity index (χ0) is 9.99. The van der Waals surface area contributed by atoms with Gasteiger partial charge in [-0.1, -0.05) is 0 Å². The van der Waals surface area contributed by atoms with Crippen LogP contribution in [0.25, 0.3) is 0 Å². The van der Waals surface area contributed by atoms with Gasteiger partial charge in [0.05, 0.1) is 11.7 Å². The van der Waals surface area contributed by atoms with E-state index in [1.165, 1.54) is 20.8 Å². The molecule has 2 N–H and O–H groups in total. The van der Waals surface area contributed by atoms with Crippen molar-refractivity contribution in [3.8, 4) is 0 Å². The Kier molecular flexibility index (Phi) is 3.64. The first kappa shape index (κ1) is 11.8. The molecule has 0 amide bonds. The van der Waals surface area contributed by atoms with E-state index in [0.717, 1.165) is 0 Å². The number of aliphatic hydroxyl groups is 1. The van der Waals surface area contributed by atoms with E-state index >= 15 is 0 Å². The molecule has 0 aromatic rings. The average molecular weight is 198 g/mol. The minimum Gasteiger partial charge on any atom is -0.393 e. The third-order valence-corrected chi connectivity index (χ3v) is 1.78. The van der Waals surface area contributed by atoms with E-state index in [9.17, 15) is 8.42 Å². The summed E-state index contributed by atoms with van der Waals surface area (Å²) in [6, 6.07) is 0. The first-order valence-corrected chi connectivity index (χ1v) is 4.85. The Hall–Kier alpha value is -0.170. The van der Waals surface area contributed by atoms with E-state index in [-0.39, 0.29) is 6.42 Å². The predicted octanol–water partition coefficient (Wildman–Crippen LogP) is 0.355. The normalized spacial score (nSPS) is 16.1. The summed E-state index contributed by atoms with van der Waals surface area (Å²) in [6.45, 7) is 4.44. The first-order valence-electron chi connectivity index (χ1n) is 3.48. The van der Waals surface area contributed by atoms with Gasteiger partial charge in [-0.2, -0.15) is 8.42 Å². The molecule has 0 saturated carbocycles. The summed E-state index contributed by atoms with van der Waals surface area (Å²) in [4.78, 5) is 0. The molecule has 0 rings (SSSR count). The molecule has 0 heterocycles. The molecule has 12 heavy (non-hydrogen) atoms. The van der Waals surface area contributed by atoms with Gasteiger partial charge in [0.2, 0.25) is 0 Å². The maximum absolute atomic E-state index is 10.3. The fourth-order valence-corrected chi connectivity index (χ4v) is 1.67. The summed E-state index contributed by atoms with van der Waals surface area (Å²) in [7, 11) is -4.44. The second kappa shape index (κ2) is 3.69. The van der Waals surface area contributed by atoms with E-state index in [1.54, 1.807) is 0 Å². The summed E-state index contributed by atoms with van der Waals surface area (Å²) in [6.07, 6.45) is -0.547. The smallest absolute Gasteiger partial charge is 0.393 e. The molecule has 0 aliphatic rings. The van der Waals surface area contributed by atoms with Crippen LogP contribution in [0.3, 0.4) is 0 Å². The van der Waals surface area contributed by atoms with Crippen LogP contribution < -0.4 is 0 Å². The molecule has 0 aromatic carbocycles. The maximum atomic E-state index is 10.3. The van der Waals surface area contributed by atoms with E-state index in [4.69, 9.17) is 9.66 Å². The van der Waals surface area contributed by atoms with Crippen molar-refractivity contribution in [1.29, 1.82) is 0 Å². The lowest BCUT2D eigenvalue weighted by molar-refractivity contribution is 0.0419. The molecule has 6 heteroatoms. The van der Waals surface area contributed by atoms with E-state index in [1.807, 2.05) is 0 Å². The summed E-state index contributed by atoms with van der Waals surface area (Å²) >= 11 is 0. The topological polar surface area (TPSA) is 83.8 Å². The number of hydrogen-bond acceptors (Lipinski definition) is 4. The van der Waals surface area contributed by atoms with Gasteiger partial charge in [-0.15, -0.1) is 0 Å². The second-order valence-corrected chi connectivity index (χ2v) is 4.35. The highest BCUT2D eigenvalue weighted by molar-refractivity contribution is 7.80. The quantitative estimate of drug-likeness (QED) is 0.637. The summed E-state index contributed by atoms with van der Waals surface area (Å²) in [5.41, 5.74) is -1.08. The molecule has 5 nitrogen and oxygen atoms in total. The molecule has 0 aromatic heterocycles. The van der Waals surface area contributed by atoms with Gasteiger partial charge in [0.1, 0.15) is 0 Å². The lowest BCUT2D eigenvalue weighted by Crippen LogP contribution is -2.31. The molecule has 0 aliphatic heterocycles. The van der Waals surface area contributed by atoms with Gasteiger partial charge in [0.25, 0.3) is 0 Å². The lowest BCUT2D eigenvalue weighted by atomic mass is 10.0. The van der Waals surface area contributed by atoms with Gasteiger partial charge in [-0.3, -0.25) is 4.55 Å². The Bertz CT molecular complexity index is 228.